The molecule has 0 spiro atoms. The minimum Gasteiger partial charge on any atom is -0.304 e. The van der Waals surface area contributed by atoms with Crippen molar-refractivity contribution in [2.24, 2.45) is 10.9 Å². The monoisotopic (exact) mass is 210 g/mol. The summed E-state index contributed by atoms with van der Waals surface area (Å²) in [5, 5.41) is 8.32. The minimum atomic E-state index is 0.216. The van der Waals surface area contributed by atoms with Gasteiger partial charge in [0.05, 0.1) is 6.54 Å². The number of nitrogens with zero attached hydrogens (tertiary/aromatic N) is 1. The van der Waals surface area contributed by atoms with Crippen molar-refractivity contribution in [1.29, 1.82) is 5.41 Å². The van der Waals surface area contributed by atoms with Gasteiger partial charge in [0.15, 0.2) is 0 Å². The zero-order valence-electron chi connectivity index (χ0n) is 9.11. The number of hydrogen-bond donors (Lipinski definition) is 1. The highest BCUT2D eigenvalue weighted by molar-refractivity contribution is 6.04. The molecule has 0 bridgehead atoms. The van der Waals surface area contributed by atoms with Crippen LogP contribution in [-0.4, -0.2) is 18.5 Å². The quantitative estimate of drug-likeness (QED) is 0.683. The molecule has 1 atom stereocenters. The lowest BCUT2D eigenvalue weighted by Crippen LogP contribution is -2.21. The second-order valence-corrected chi connectivity index (χ2v) is 4.38. The van der Waals surface area contributed by atoms with E-state index in [-0.39, 0.29) is 5.92 Å². The van der Waals surface area contributed by atoms with Crippen molar-refractivity contribution in [3.8, 4) is 0 Å². The molecular weight excluding hydrogens is 196 g/mol. The van der Waals surface area contributed by atoms with E-state index in [9.17, 15) is 0 Å². The fourth-order valence-corrected chi connectivity index (χ4v) is 2.55. The maximum Gasteiger partial charge on any atom is 0.0510 e. The molecule has 1 aromatic rings. The first-order valence-corrected chi connectivity index (χ1v) is 5.72. The van der Waals surface area contributed by atoms with E-state index in [1.807, 2.05) is 12.3 Å². The zero-order chi connectivity index (χ0) is 11.0. The maximum atomic E-state index is 8.32. The van der Waals surface area contributed by atoms with Gasteiger partial charge in [0.2, 0.25) is 0 Å². The van der Waals surface area contributed by atoms with Crippen molar-refractivity contribution in [3.63, 3.8) is 0 Å². The third-order valence-electron chi connectivity index (χ3n) is 3.47. The second-order valence-electron chi connectivity index (χ2n) is 4.38. The van der Waals surface area contributed by atoms with Crippen LogP contribution in [0.25, 0.3) is 0 Å². The van der Waals surface area contributed by atoms with Crippen molar-refractivity contribution < 1.29 is 0 Å². The van der Waals surface area contributed by atoms with Gasteiger partial charge >= 0.3 is 0 Å². The molecule has 1 heterocycles. The van der Waals surface area contributed by atoms with Crippen molar-refractivity contribution >= 4 is 11.9 Å². The lowest BCUT2D eigenvalue weighted by Gasteiger charge is -2.19. The van der Waals surface area contributed by atoms with Gasteiger partial charge in [-0.15, -0.1) is 0 Å². The summed E-state index contributed by atoms with van der Waals surface area (Å²) in [6.45, 7) is 0.749. The molecule has 0 saturated heterocycles. The normalized spacial score (nSPS) is 23.1. The third kappa shape index (κ3) is 1.42. The Hall–Kier alpha value is -1.70. The Morgan fingerprint density at radius 2 is 2.06 bits per heavy atom. The number of nitrogens with one attached hydrogen (secondary N) is 1. The highest BCUT2D eigenvalue weighted by atomic mass is 14.7. The van der Waals surface area contributed by atoms with E-state index in [1.54, 1.807) is 0 Å². The number of rotatable bonds is 0. The van der Waals surface area contributed by atoms with Gasteiger partial charge in [-0.25, -0.2) is 0 Å². The summed E-state index contributed by atoms with van der Waals surface area (Å²) in [5.74, 6) is 0.216. The van der Waals surface area contributed by atoms with Crippen LogP contribution in [0.2, 0.25) is 0 Å². The van der Waals surface area contributed by atoms with Crippen LogP contribution in [0.15, 0.2) is 40.9 Å². The van der Waals surface area contributed by atoms with E-state index in [0.29, 0.717) is 0 Å². The maximum absolute atomic E-state index is 8.32. The summed E-state index contributed by atoms with van der Waals surface area (Å²) in [7, 11) is 0. The minimum absolute atomic E-state index is 0.216. The SMILES string of the molecule is N=C1c2ccccc2CCC2=CC=NCC12. The number of allylic oxidation sites excluding steroid dienone is 1. The van der Waals surface area contributed by atoms with E-state index in [1.165, 1.54) is 11.1 Å². The van der Waals surface area contributed by atoms with Crippen LogP contribution in [0.4, 0.5) is 0 Å². The molecule has 0 amide bonds. The molecule has 1 aromatic carbocycles. The predicted octanol–water partition coefficient (Wildman–Crippen LogP) is 2.63. The number of aliphatic imine (C=N–C) groups is 1. The van der Waals surface area contributed by atoms with Gasteiger partial charge in [-0.2, -0.15) is 0 Å². The Labute approximate surface area is 95.2 Å². The summed E-state index contributed by atoms with van der Waals surface area (Å²) in [4.78, 5) is 4.28. The Morgan fingerprint density at radius 1 is 1.19 bits per heavy atom. The largest absolute Gasteiger partial charge is 0.304 e. The van der Waals surface area contributed by atoms with Crippen LogP contribution in [-0.2, 0) is 6.42 Å². The highest BCUT2D eigenvalue weighted by Crippen LogP contribution is 2.29. The van der Waals surface area contributed by atoms with Gasteiger partial charge in [-0.1, -0.05) is 29.8 Å². The van der Waals surface area contributed by atoms with Gasteiger partial charge in [0.1, 0.15) is 0 Å². The van der Waals surface area contributed by atoms with Crippen LogP contribution in [0.1, 0.15) is 17.5 Å². The molecule has 1 aliphatic heterocycles. The van der Waals surface area contributed by atoms with Gasteiger partial charge < -0.3 is 5.41 Å². The third-order valence-corrected chi connectivity index (χ3v) is 3.47. The number of fused-ring (bicyclic) bond motifs is 2. The first kappa shape index (κ1) is 9.52. The lowest BCUT2D eigenvalue weighted by molar-refractivity contribution is 0.754. The molecular formula is C14H14N2. The summed E-state index contributed by atoms with van der Waals surface area (Å²) < 4.78 is 0. The number of dihydropyridines is 1. The standard InChI is InChI=1S/C14H14N2/c15-14-12-4-2-1-3-10(12)5-6-11-7-8-16-9-13(11)14/h1-4,7-8,13,15H,5-6,9H2. The summed E-state index contributed by atoms with van der Waals surface area (Å²) >= 11 is 0. The van der Waals surface area contributed by atoms with Crippen molar-refractivity contribution in [2.45, 2.75) is 12.8 Å². The Kier molecular flexibility index (Phi) is 2.21. The molecule has 2 nitrogen and oxygen atoms in total. The summed E-state index contributed by atoms with van der Waals surface area (Å²) in [6.07, 6.45) is 6.09. The van der Waals surface area contributed by atoms with E-state index in [4.69, 9.17) is 5.41 Å². The smallest absolute Gasteiger partial charge is 0.0510 e. The lowest BCUT2D eigenvalue weighted by atomic mass is 9.89. The molecule has 2 aliphatic rings. The molecule has 1 aliphatic carbocycles. The summed E-state index contributed by atoms with van der Waals surface area (Å²) in [6, 6.07) is 8.29. The number of benzene rings is 1. The predicted molar refractivity (Wildman–Crippen MR) is 66.5 cm³/mol. The molecule has 1 N–H and O–H groups in total. The van der Waals surface area contributed by atoms with E-state index in [2.05, 4.69) is 29.3 Å². The van der Waals surface area contributed by atoms with Crippen molar-refractivity contribution in [1.82, 2.24) is 0 Å². The molecule has 3 rings (SSSR count). The summed E-state index contributed by atoms with van der Waals surface area (Å²) in [5.41, 5.74) is 4.54. The Bertz CT molecular complexity index is 497. The van der Waals surface area contributed by atoms with Gasteiger partial charge in [-0.05, 0) is 30.0 Å². The van der Waals surface area contributed by atoms with Crippen LogP contribution in [0, 0.1) is 11.3 Å². The van der Waals surface area contributed by atoms with Gasteiger partial charge in [-0.3, -0.25) is 4.99 Å². The highest BCUT2D eigenvalue weighted by Gasteiger charge is 2.26. The first-order chi connectivity index (χ1) is 7.86. The number of hydrogen-bond acceptors (Lipinski definition) is 2. The van der Waals surface area contributed by atoms with E-state index < -0.39 is 0 Å². The topological polar surface area (TPSA) is 36.2 Å². The molecule has 80 valence electrons. The van der Waals surface area contributed by atoms with E-state index in [0.717, 1.165) is 30.7 Å². The molecule has 0 aromatic heterocycles. The molecule has 2 heteroatoms. The van der Waals surface area contributed by atoms with E-state index >= 15 is 0 Å². The number of aryl methyl sites for hydroxylation is 1. The van der Waals surface area contributed by atoms with Crippen LogP contribution < -0.4 is 0 Å². The average Bonchev–Trinajstić information content (AvgIpc) is 2.49. The second kappa shape index (κ2) is 3.71. The molecule has 0 radical (unpaired) electrons. The van der Waals surface area contributed by atoms with Gasteiger partial charge in [0, 0.05) is 17.8 Å². The fraction of sp³-hybridized carbons (Fsp3) is 0.286. The molecule has 0 saturated carbocycles. The first-order valence-electron chi connectivity index (χ1n) is 5.72. The Balaban J connectivity index is 2.09. The fourth-order valence-electron chi connectivity index (χ4n) is 2.55. The van der Waals surface area contributed by atoms with Gasteiger partial charge in [0.25, 0.3) is 0 Å². The average molecular weight is 210 g/mol. The molecule has 16 heavy (non-hydrogen) atoms. The van der Waals surface area contributed by atoms with Crippen LogP contribution in [0.5, 0.6) is 0 Å². The molecule has 0 fully saturated rings. The van der Waals surface area contributed by atoms with Crippen LogP contribution >= 0.6 is 0 Å². The molecule has 1 unspecified atom stereocenters. The zero-order valence-corrected chi connectivity index (χ0v) is 9.11. The van der Waals surface area contributed by atoms with Crippen molar-refractivity contribution in [2.75, 3.05) is 6.54 Å². The Morgan fingerprint density at radius 3 is 3.00 bits per heavy atom. The van der Waals surface area contributed by atoms with Crippen LogP contribution in [0.3, 0.4) is 0 Å². The van der Waals surface area contributed by atoms with Crippen molar-refractivity contribution in [3.05, 3.63) is 47.0 Å².